The lowest BCUT2D eigenvalue weighted by molar-refractivity contribution is -0.142. The first-order valence-corrected chi connectivity index (χ1v) is 5.91. The molecule has 0 bridgehead atoms. The number of carbonyl (C=O) groups is 2. The maximum absolute atomic E-state index is 12.6. The number of alkyl halides is 3. The summed E-state index contributed by atoms with van der Waals surface area (Å²) in [5.74, 6) is -1.99. The summed E-state index contributed by atoms with van der Waals surface area (Å²) in [6.07, 6.45) is -4.76. The van der Waals surface area contributed by atoms with Crippen LogP contribution in [0.2, 0.25) is 0 Å². The lowest BCUT2D eigenvalue weighted by atomic mass is 10.0. The Hall–Kier alpha value is -2.09. The number of ether oxygens (including phenoxy) is 1. The summed E-state index contributed by atoms with van der Waals surface area (Å²) in [7, 11) is 1.27. The number of carbonyl (C=O) groups excluding carboxylic acids is 1. The van der Waals surface area contributed by atoms with Crippen LogP contribution in [0.25, 0.3) is 0 Å². The van der Waals surface area contributed by atoms with Crippen molar-refractivity contribution in [3.05, 3.63) is 35.4 Å². The molecule has 0 spiro atoms. The minimum absolute atomic E-state index is 0.162. The quantitative estimate of drug-likeness (QED) is 0.834. The highest BCUT2D eigenvalue weighted by atomic mass is 19.4. The van der Waals surface area contributed by atoms with Gasteiger partial charge >= 0.3 is 12.1 Å². The van der Waals surface area contributed by atoms with Crippen LogP contribution in [0.5, 0.6) is 0 Å². The van der Waals surface area contributed by atoms with Crippen LogP contribution in [0.15, 0.2) is 24.3 Å². The molecule has 0 radical (unpaired) electrons. The van der Waals surface area contributed by atoms with Crippen LogP contribution in [0.4, 0.5) is 13.2 Å². The summed E-state index contributed by atoms with van der Waals surface area (Å²) in [5, 5.41) is 11.2. The number of nitrogens with one attached hydrogen (secondary N) is 1. The molecular formula is C13H14F3NO4. The standard InChI is InChI=1S/C13H14F3NO4/c1-21-7-11(18)17-10(12(19)20)6-8-3-2-4-9(5-8)13(14,15)16/h2-5,10H,6-7H2,1H3,(H,17,18)(H,19,20)/t10-/m1/s1. The second-order valence-electron chi connectivity index (χ2n) is 4.29. The Labute approximate surface area is 118 Å². The van der Waals surface area contributed by atoms with Crippen molar-refractivity contribution in [2.24, 2.45) is 0 Å². The SMILES string of the molecule is COCC(=O)N[C@H](Cc1cccc(C(F)(F)F)c1)C(=O)O. The number of amides is 1. The van der Waals surface area contributed by atoms with Gasteiger partial charge in [0.05, 0.1) is 5.56 Å². The van der Waals surface area contributed by atoms with Crippen molar-refractivity contribution in [3.63, 3.8) is 0 Å². The van der Waals surface area contributed by atoms with Gasteiger partial charge in [-0.3, -0.25) is 4.79 Å². The first-order chi connectivity index (χ1) is 9.74. The monoisotopic (exact) mass is 305 g/mol. The number of hydrogen-bond donors (Lipinski definition) is 2. The van der Waals surface area contributed by atoms with Crippen molar-refractivity contribution < 1.29 is 32.6 Å². The molecule has 0 fully saturated rings. The second kappa shape index (κ2) is 7.07. The van der Waals surface area contributed by atoms with E-state index in [1.165, 1.54) is 19.2 Å². The van der Waals surface area contributed by atoms with Crippen molar-refractivity contribution in [2.45, 2.75) is 18.6 Å². The number of hydrogen-bond acceptors (Lipinski definition) is 3. The predicted octanol–water partition coefficient (Wildman–Crippen LogP) is 1.46. The second-order valence-corrected chi connectivity index (χ2v) is 4.29. The van der Waals surface area contributed by atoms with Crippen LogP contribution in [0, 0.1) is 0 Å². The molecule has 1 rings (SSSR count). The van der Waals surface area contributed by atoms with Crippen LogP contribution >= 0.6 is 0 Å². The average Bonchev–Trinajstić information content (AvgIpc) is 2.37. The third-order valence-electron chi connectivity index (χ3n) is 2.60. The summed E-state index contributed by atoms with van der Waals surface area (Å²) in [5.41, 5.74) is -0.706. The van der Waals surface area contributed by atoms with Crippen molar-refractivity contribution in [2.75, 3.05) is 13.7 Å². The summed E-state index contributed by atoms with van der Waals surface area (Å²) in [6, 6.07) is 2.99. The van der Waals surface area contributed by atoms with Gasteiger partial charge in [-0.25, -0.2) is 4.79 Å². The van der Waals surface area contributed by atoms with Gasteiger partial charge in [-0.15, -0.1) is 0 Å². The molecule has 1 aromatic carbocycles. The number of aliphatic carboxylic acids is 1. The molecule has 0 heterocycles. The minimum atomic E-state index is -4.51. The number of halogens is 3. The van der Waals surface area contributed by atoms with Crippen molar-refractivity contribution >= 4 is 11.9 Å². The molecule has 21 heavy (non-hydrogen) atoms. The zero-order chi connectivity index (χ0) is 16.0. The molecule has 0 aliphatic heterocycles. The molecule has 1 atom stereocenters. The van der Waals surface area contributed by atoms with E-state index in [4.69, 9.17) is 5.11 Å². The third-order valence-corrected chi connectivity index (χ3v) is 2.60. The van der Waals surface area contributed by atoms with Gasteiger partial charge in [0.15, 0.2) is 0 Å². The van der Waals surface area contributed by atoms with E-state index in [0.29, 0.717) is 0 Å². The minimum Gasteiger partial charge on any atom is -0.480 e. The average molecular weight is 305 g/mol. The molecule has 0 unspecified atom stereocenters. The van der Waals surface area contributed by atoms with Crippen LogP contribution in [-0.4, -0.2) is 36.7 Å². The van der Waals surface area contributed by atoms with Gasteiger partial charge in [-0.1, -0.05) is 18.2 Å². The van der Waals surface area contributed by atoms with Gasteiger partial charge < -0.3 is 15.2 Å². The molecule has 0 aromatic heterocycles. The van der Waals surface area contributed by atoms with Crippen LogP contribution in [-0.2, 0) is 26.9 Å². The molecule has 1 amide bonds. The highest BCUT2D eigenvalue weighted by Crippen LogP contribution is 2.29. The van der Waals surface area contributed by atoms with E-state index < -0.39 is 29.7 Å². The van der Waals surface area contributed by atoms with Gasteiger partial charge in [0, 0.05) is 13.5 Å². The molecule has 0 saturated heterocycles. The van der Waals surface area contributed by atoms with Crippen LogP contribution in [0.3, 0.4) is 0 Å². The number of methoxy groups -OCH3 is 1. The summed E-state index contributed by atoms with van der Waals surface area (Å²) < 4.78 is 42.3. The Morgan fingerprint density at radius 1 is 1.38 bits per heavy atom. The van der Waals surface area contributed by atoms with Gasteiger partial charge in [-0.2, -0.15) is 13.2 Å². The molecule has 0 aliphatic rings. The lowest BCUT2D eigenvalue weighted by Gasteiger charge is -2.15. The first kappa shape index (κ1) is 17.0. The van der Waals surface area contributed by atoms with E-state index in [0.717, 1.165) is 12.1 Å². The fourth-order valence-electron chi connectivity index (χ4n) is 1.68. The normalized spacial score (nSPS) is 12.8. The highest BCUT2D eigenvalue weighted by Gasteiger charge is 2.30. The molecule has 0 aliphatic carbocycles. The van der Waals surface area contributed by atoms with E-state index in [1.54, 1.807) is 0 Å². The first-order valence-electron chi connectivity index (χ1n) is 5.91. The van der Waals surface area contributed by atoms with E-state index in [1.807, 2.05) is 0 Å². The molecule has 1 aromatic rings. The van der Waals surface area contributed by atoms with Gasteiger partial charge in [0.2, 0.25) is 5.91 Å². The maximum atomic E-state index is 12.6. The predicted molar refractivity (Wildman–Crippen MR) is 66.6 cm³/mol. The zero-order valence-electron chi connectivity index (χ0n) is 11.1. The summed E-state index contributed by atoms with van der Waals surface area (Å²) in [4.78, 5) is 22.3. The fourth-order valence-corrected chi connectivity index (χ4v) is 1.68. The van der Waals surface area contributed by atoms with E-state index in [-0.39, 0.29) is 18.6 Å². The molecule has 2 N–H and O–H groups in total. The Kier molecular flexibility index (Phi) is 5.71. The molecular weight excluding hydrogens is 291 g/mol. The molecule has 116 valence electrons. The number of benzene rings is 1. The number of rotatable bonds is 6. The molecule has 5 nitrogen and oxygen atoms in total. The Balaban J connectivity index is 2.85. The number of carboxylic acids is 1. The summed E-state index contributed by atoms with van der Waals surface area (Å²) >= 11 is 0. The Morgan fingerprint density at radius 2 is 2.05 bits per heavy atom. The van der Waals surface area contributed by atoms with Crippen molar-refractivity contribution in [1.82, 2.24) is 5.32 Å². The van der Waals surface area contributed by atoms with E-state index >= 15 is 0 Å². The largest absolute Gasteiger partial charge is 0.480 e. The number of carboxylic acid groups (broad SMARTS) is 1. The van der Waals surface area contributed by atoms with Crippen LogP contribution in [0.1, 0.15) is 11.1 Å². The van der Waals surface area contributed by atoms with Gasteiger partial charge in [-0.05, 0) is 11.6 Å². The fraction of sp³-hybridized carbons (Fsp3) is 0.385. The van der Waals surface area contributed by atoms with Gasteiger partial charge in [0.25, 0.3) is 0 Å². The third kappa shape index (κ3) is 5.42. The van der Waals surface area contributed by atoms with Crippen LogP contribution < -0.4 is 5.32 Å². The molecule has 0 saturated carbocycles. The van der Waals surface area contributed by atoms with Crippen molar-refractivity contribution in [3.8, 4) is 0 Å². The van der Waals surface area contributed by atoms with E-state index in [9.17, 15) is 22.8 Å². The molecule has 8 heteroatoms. The summed E-state index contributed by atoms with van der Waals surface area (Å²) in [6.45, 7) is -0.327. The zero-order valence-corrected chi connectivity index (χ0v) is 11.1. The Bertz CT molecular complexity index is 516. The highest BCUT2D eigenvalue weighted by molar-refractivity contribution is 5.84. The maximum Gasteiger partial charge on any atom is 0.416 e. The van der Waals surface area contributed by atoms with Crippen molar-refractivity contribution in [1.29, 1.82) is 0 Å². The van der Waals surface area contributed by atoms with Gasteiger partial charge in [0.1, 0.15) is 12.6 Å². The Morgan fingerprint density at radius 3 is 2.57 bits per heavy atom. The lowest BCUT2D eigenvalue weighted by Crippen LogP contribution is -2.43. The van der Waals surface area contributed by atoms with E-state index in [2.05, 4.69) is 10.1 Å². The topological polar surface area (TPSA) is 75.6 Å². The smallest absolute Gasteiger partial charge is 0.416 e.